The van der Waals surface area contributed by atoms with Crippen LogP contribution in [0.4, 0.5) is 0 Å². The van der Waals surface area contributed by atoms with E-state index in [-0.39, 0.29) is 6.04 Å². The van der Waals surface area contributed by atoms with Gasteiger partial charge in [0.15, 0.2) is 5.82 Å². The first kappa shape index (κ1) is 17.1. The Bertz CT molecular complexity index is 599. The second-order valence-corrected chi connectivity index (χ2v) is 6.28. The van der Waals surface area contributed by atoms with E-state index in [0.717, 1.165) is 19.4 Å². The normalized spacial score (nSPS) is 20.8. The average Bonchev–Trinajstić information content (AvgIpc) is 3.20. The molecule has 2 aromatic heterocycles. The molecule has 2 aromatic rings. The van der Waals surface area contributed by atoms with Crippen molar-refractivity contribution in [3.63, 3.8) is 0 Å². The van der Waals surface area contributed by atoms with Crippen LogP contribution >= 0.6 is 0 Å². The van der Waals surface area contributed by atoms with Gasteiger partial charge in [-0.3, -0.25) is 4.90 Å². The lowest BCUT2D eigenvalue weighted by Gasteiger charge is -2.29. The summed E-state index contributed by atoms with van der Waals surface area (Å²) in [6.07, 6.45) is 6.24. The largest absolute Gasteiger partial charge is 0.467 e. The van der Waals surface area contributed by atoms with Crippen LogP contribution in [0.15, 0.2) is 27.3 Å². The van der Waals surface area contributed by atoms with Crippen LogP contribution in [0.1, 0.15) is 55.7 Å². The van der Waals surface area contributed by atoms with E-state index in [9.17, 15) is 5.11 Å². The zero-order valence-electron chi connectivity index (χ0n) is 14.1. The number of aliphatic hydroxyl groups excluding tert-OH is 1. The minimum Gasteiger partial charge on any atom is -0.467 e. The number of nitrogens with zero attached hydrogens (tertiary/aromatic N) is 3. The molecule has 7 heteroatoms. The highest BCUT2D eigenvalue weighted by molar-refractivity contribution is 5.02. The summed E-state index contributed by atoms with van der Waals surface area (Å²) < 4.78 is 15.7. The highest BCUT2D eigenvalue weighted by Crippen LogP contribution is 2.27. The predicted molar refractivity (Wildman–Crippen MR) is 86.0 cm³/mol. The Hall–Kier alpha value is -1.70. The number of hydrogen-bond donors (Lipinski definition) is 1. The zero-order chi connectivity index (χ0) is 16.8. The molecule has 1 N–H and O–H groups in total. The van der Waals surface area contributed by atoms with Crippen molar-refractivity contribution >= 4 is 0 Å². The van der Waals surface area contributed by atoms with Crippen molar-refractivity contribution in [2.75, 3.05) is 13.7 Å². The van der Waals surface area contributed by atoms with Crippen LogP contribution in [0.5, 0.6) is 0 Å². The van der Waals surface area contributed by atoms with Gasteiger partial charge in [-0.05, 0) is 37.9 Å². The Labute approximate surface area is 141 Å². The first-order chi connectivity index (χ1) is 11.8. The molecule has 0 spiro atoms. The smallest absolute Gasteiger partial charge is 0.240 e. The Morgan fingerprint density at radius 3 is 3.12 bits per heavy atom. The van der Waals surface area contributed by atoms with Crippen LogP contribution in [0, 0.1) is 0 Å². The second kappa shape index (κ2) is 8.41. The third kappa shape index (κ3) is 4.43. The lowest BCUT2D eigenvalue weighted by molar-refractivity contribution is 0.0779. The molecule has 1 aliphatic rings. The lowest BCUT2D eigenvalue weighted by Crippen LogP contribution is -2.35. The number of hydrogen-bond acceptors (Lipinski definition) is 7. The summed E-state index contributed by atoms with van der Waals surface area (Å²) in [5, 5.41) is 14.3. The van der Waals surface area contributed by atoms with Gasteiger partial charge in [0.1, 0.15) is 18.5 Å². The van der Waals surface area contributed by atoms with Crippen LogP contribution in [0.25, 0.3) is 0 Å². The number of aromatic nitrogens is 2. The molecule has 24 heavy (non-hydrogen) atoms. The number of methoxy groups -OCH3 is 1. The molecule has 0 amide bonds. The molecule has 2 unspecified atom stereocenters. The molecule has 1 fully saturated rings. The van der Waals surface area contributed by atoms with Gasteiger partial charge in [-0.25, -0.2) is 0 Å². The maximum atomic E-state index is 10.4. The molecular formula is C17H25N3O4. The molecule has 0 aliphatic carbocycles. The van der Waals surface area contributed by atoms with E-state index < -0.39 is 6.10 Å². The molecule has 1 aliphatic heterocycles. The van der Waals surface area contributed by atoms with E-state index >= 15 is 0 Å². The molecule has 3 rings (SSSR count). The number of rotatable bonds is 7. The van der Waals surface area contributed by atoms with Crippen molar-refractivity contribution < 1.29 is 18.8 Å². The molecule has 0 aromatic carbocycles. The maximum Gasteiger partial charge on any atom is 0.240 e. The van der Waals surface area contributed by atoms with Crippen LogP contribution in [-0.2, 0) is 17.9 Å². The van der Waals surface area contributed by atoms with Crippen molar-refractivity contribution in [1.82, 2.24) is 15.0 Å². The van der Waals surface area contributed by atoms with Gasteiger partial charge >= 0.3 is 0 Å². The van der Waals surface area contributed by atoms with Crippen molar-refractivity contribution in [2.24, 2.45) is 0 Å². The fraction of sp³-hybridized carbons (Fsp3) is 0.647. The van der Waals surface area contributed by atoms with Crippen molar-refractivity contribution in [2.45, 2.75) is 57.4 Å². The quantitative estimate of drug-likeness (QED) is 0.832. The Morgan fingerprint density at radius 2 is 2.33 bits per heavy atom. The van der Waals surface area contributed by atoms with Crippen LogP contribution < -0.4 is 0 Å². The number of likely N-dealkylation sites (tertiary alicyclic amines) is 1. The van der Waals surface area contributed by atoms with E-state index in [1.54, 1.807) is 19.4 Å². The van der Waals surface area contributed by atoms with E-state index in [1.807, 2.05) is 6.07 Å². The molecular weight excluding hydrogens is 310 g/mol. The van der Waals surface area contributed by atoms with Gasteiger partial charge in [0, 0.05) is 13.2 Å². The molecule has 0 bridgehead atoms. The van der Waals surface area contributed by atoms with Gasteiger partial charge in [0.05, 0.1) is 12.8 Å². The molecule has 2 atom stereocenters. The molecule has 7 nitrogen and oxygen atoms in total. The number of furan rings is 1. The molecule has 1 saturated heterocycles. The van der Waals surface area contributed by atoms with Gasteiger partial charge in [0.2, 0.25) is 5.89 Å². The monoisotopic (exact) mass is 335 g/mol. The molecule has 3 heterocycles. The van der Waals surface area contributed by atoms with E-state index in [0.29, 0.717) is 37.0 Å². The summed E-state index contributed by atoms with van der Waals surface area (Å²) in [7, 11) is 1.61. The van der Waals surface area contributed by atoms with Crippen LogP contribution in [0.2, 0.25) is 0 Å². The summed E-state index contributed by atoms with van der Waals surface area (Å²) in [6, 6.07) is 3.89. The Kier molecular flexibility index (Phi) is 6.01. The number of aliphatic hydroxyl groups is 1. The summed E-state index contributed by atoms with van der Waals surface area (Å²) >= 11 is 0. The Morgan fingerprint density at radius 1 is 1.42 bits per heavy atom. The average molecular weight is 335 g/mol. The summed E-state index contributed by atoms with van der Waals surface area (Å²) in [5.74, 6) is 1.79. The third-order valence-corrected chi connectivity index (χ3v) is 4.49. The van der Waals surface area contributed by atoms with Gasteiger partial charge < -0.3 is 18.8 Å². The highest BCUT2D eigenvalue weighted by Gasteiger charge is 2.26. The van der Waals surface area contributed by atoms with E-state index in [4.69, 9.17) is 13.7 Å². The standard InChI is InChI=1S/C17H25N3O4/c1-22-12-16-18-17(24-19-16)11-20-8-4-2-3-6-13(20)10-14(21)15-7-5-9-23-15/h5,7,9,13-14,21H,2-4,6,8,10-12H2,1H3. The van der Waals surface area contributed by atoms with Gasteiger partial charge in [-0.2, -0.15) is 4.98 Å². The van der Waals surface area contributed by atoms with Crippen molar-refractivity contribution in [3.8, 4) is 0 Å². The second-order valence-electron chi connectivity index (χ2n) is 6.28. The molecule has 0 saturated carbocycles. The predicted octanol–water partition coefficient (Wildman–Crippen LogP) is 2.68. The number of ether oxygens (including phenoxy) is 1. The summed E-state index contributed by atoms with van der Waals surface area (Å²) in [5.41, 5.74) is 0. The first-order valence-corrected chi connectivity index (χ1v) is 8.52. The topological polar surface area (TPSA) is 84.8 Å². The third-order valence-electron chi connectivity index (χ3n) is 4.49. The van der Waals surface area contributed by atoms with Crippen LogP contribution in [0.3, 0.4) is 0 Å². The fourth-order valence-corrected chi connectivity index (χ4v) is 3.28. The van der Waals surface area contributed by atoms with Crippen molar-refractivity contribution in [3.05, 3.63) is 35.9 Å². The van der Waals surface area contributed by atoms with Crippen molar-refractivity contribution in [1.29, 1.82) is 0 Å². The molecule has 132 valence electrons. The maximum absolute atomic E-state index is 10.4. The van der Waals surface area contributed by atoms with E-state index in [2.05, 4.69) is 15.0 Å². The highest BCUT2D eigenvalue weighted by atomic mass is 16.5. The SMILES string of the molecule is COCc1noc(CN2CCCCCC2CC(O)c2ccco2)n1. The Balaban J connectivity index is 1.65. The minimum atomic E-state index is -0.586. The lowest BCUT2D eigenvalue weighted by atomic mass is 10.0. The molecule has 0 radical (unpaired) electrons. The first-order valence-electron chi connectivity index (χ1n) is 8.52. The van der Waals surface area contributed by atoms with Gasteiger partial charge in [-0.15, -0.1) is 0 Å². The zero-order valence-corrected chi connectivity index (χ0v) is 14.1. The van der Waals surface area contributed by atoms with Crippen LogP contribution in [-0.4, -0.2) is 39.8 Å². The minimum absolute atomic E-state index is 0.269. The summed E-state index contributed by atoms with van der Waals surface area (Å²) in [6.45, 7) is 1.92. The summed E-state index contributed by atoms with van der Waals surface area (Å²) in [4.78, 5) is 6.70. The fourth-order valence-electron chi connectivity index (χ4n) is 3.28. The van der Waals surface area contributed by atoms with Gasteiger partial charge in [-0.1, -0.05) is 18.0 Å². The van der Waals surface area contributed by atoms with E-state index in [1.165, 1.54) is 12.8 Å². The van der Waals surface area contributed by atoms with Gasteiger partial charge in [0.25, 0.3) is 0 Å².